The van der Waals surface area contributed by atoms with Crippen LogP contribution in [0.5, 0.6) is 17.2 Å². The number of methoxy groups -OCH3 is 3. The molecule has 0 saturated carbocycles. The molecule has 2 atom stereocenters. The average molecular weight is 567 g/mol. The van der Waals surface area contributed by atoms with E-state index in [4.69, 9.17) is 14.2 Å². The third kappa shape index (κ3) is 5.64. The topological polar surface area (TPSA) is 85.9 Å². The van der Waals surface area contributed by atoms with Crippen molar-refractivity contribution in [1.29, 1.82) is 0 Å². The second kappa shape index (κ2) is 12.1. The highest BCUT2D eigenvalue weighted by atomic mass is 16.5. The lowest BCUT2D eigenvalue weighted by atomic mass is 9.71. The highest BCUT2D eigenvalue weighted by Gasteiger charge is 2.41. The molecule has 0 unspecified atom stereocenters. The largest absolute Gasteiger partial charge is 0.497 e. The number of ketones is 1. The van der Waals surface area contributed by atoms with Crippen molar-refractivity contribution >= 4 is 17.4 Å². The first-order chi connectivity index (χ1) is 20.2. The van der Waals surface area contributed by atoms with E-state index < -0.39 is 5.92 Å². The fourth-order valence-electron chi connectivity index (χ4n) is 5.96. The maximum atomic E-state index is 14.0. The van der Waals surface area contributed by atoms with E-state index in [0.29, 0.717) is 52.8 Å². The summed E-state index contributed by atoms with van der Waals surface area (Å²) in [6.45, 7) is 6.21. The molecule has 1 aliphatic carbocycles. The number of Topliss-reactive ketones (excluding diaryl/α,β-unsaturated/α-hetero) is 1. The standard InChI is InChI=1S/C35H38N2O5/c1-20(2)22-7-9-23(10-8-22)33-32(35(39)37-26-12-14-27(40-4)15-13-26)21(3)36-28-17-25(18-29(38)34(28)33)24-11-16-30(41-5)31(19-24)42-6/h7-16,19-20,25,33,36H,17-18H2,1-6H3,(H,37,39)/t25-,33+/m0/s1. The van der Waals surface area contributed by atoms with Gasteiger partial charge in [-0.15, -0.1) is 0 Å². The fourth-order valence-corrected chi connectivity index (χ4v) is 5.96. The van der Waals surface area contributed by atoms with Crippen molar-refractivity contribution in [3.8, 4) is 17.2 Å². The van der Waals surface area contributed by atoms with Gasteiger partial charge in [0, 0.05) is 40.6 Å². The second-order valence-electron chi connectivity index (χ2n) is 11.1. The monoisotopic (exact) mass is 566 g/mol. The highest BCUT2D eigenvalue weighted by Crippen LogP contribution is 2.46. The van der Waals surface area contributed by atoms with Crippen molar-refractivity contribution in [2.24, 2.45) is 0 Å². The molecule has 218 valence electrons. The molecule has 1 amide bonds. The number of hydrogen-bond donors (Lipinski definition) is 2. The number of hydrogen-bond acceptors (Lipinski definition) is 6. The van der Waals surface area contributed by atoms with Crippen LogP contribution in [-0.2, 0) is 9.59 Å². The molecule has 2 aliphatic rings. The third-order valence-corrected chi connectivity index (χ3v) is 8.24. The van der Waals surface area contributed by atoms with Crippen molar-refractivity contribution in [2.45, 2.75) is 51.4 Å². The molecule has 7 nitrogen and oxygen atoms in total. The molecule has 1 aliphatic heterocycles. The van der Waals surface area contributed by atoms with Gasteiger partial charge in [0.15, 0.2) is 17.3 Å². The Hall–Kier alpha value is -4.52. The maximum absolute atomic E-state index is 14.0. The summed E-state index contributed by atoms with van der Waals surface area (Å²) in [4.78, 5) is 27.9. The van der Waals surface area contributed by atoms with E-state index >= 15 is 0 Å². The maximum Gasteiger partial charge on any atom is 0.254 e. The van der Waals surface area contributed by atoms with Crippen molar-refractivity contribution in [1.82, 2.24) is 5.32 Å². The number of nitrogens with one attached hydrogen (secondary N) is 2. The molecule has 3 aromatic rings. The lowest BCUT2D eigenvalue weighted by Gasteiger charge is -2.37. The Balaban J connectivity index is 1.53. The van der Waals surface area contributed by atoms with Gasteiger partial charge in [-0.25, -0.2) is 0 Å². The molecule has 1 heterocycles. The summed E-state index contributed by atoms with van der Waals surface area (Å²) in [5, 5.41) is 6.50. The van der Waals surface area contributed by atoms with Crippen LogP contribution in [-0.4, -0.2) is 33.0 Å². The van der Waals surface area contributed by atoms with Crippen LogP contribution in [0.1, 0.15) is 68.1 Å². The number of carbonyl (C=O) groups excluding carboxylic acids is 2. The molecule has 0 radical (unpaired) electrons. The van der Waals surface area contributed by atoms with Crippen LogP contribution in [0, 0.1) is 0 Å². The SMILES string of the molecule is COc1ccc(NC(=O)C2=C(C)NC3=C(C(=O)C[C@@H](c4ccc(OC)c(OC)c4)C3)[C@@H]2c2ccc(C(C)C)cc2)cc1. The van der Waals surface area contributed by atoms with Crippen LogP contribution in [0.25, 0.3) is 0 Å². The number of carbonyl (C=O) groups is 2. The lowest BCUT2D eigenvalue weighted by Crippen LogP contribution is -2.37. The third-order valence-electron chi connectivity index (χ3n) is 8.24. The molecule has 0 aromatic heterocycles. The van der Waals surface area contributed by atoms with Crippen LogP contribution in [0.3, 0.4) is 0 Å². The number of benzene rings is 3. The smallest absolute Gasteiger partial charge is 0.254 e. The summed E-state index contributed by atoms with van der Waals surface area (Å²) in [6.07, 6.45) is 0.977. The Morgan fingerprint density at radius 3 is 2.14 bits per heavy atom. The van der Waals surface area contributed by atoms with E-state index in [-0.39, 0.29) is 17.6 Å². The van der Waals surface area contributed by atoms with Crippen LogP contribution < -0.4 is 24.8 Å². The molecule has 0 saturated heterocycles. The molecule has 3 aromatic carbocycles. The zero-order valence-corrected chi connectivity index (χ0v) is 25.0. The van der Waals surface area contributed by atoms with Crippen molar-refractivity contribution in [3.05, 3.63) is 106 Å². The van der Waals surface area contributed by atoms with E-state index in [2.05, 4.69) is 48.7 Å². The summed E-state index contributed by atoms with van der Waals surface area (Å²) >= 11 is 0. The van der Waals surface area contributed by atoms with Gasteiger partial charge < -0.3 is 24.8 Å². The Morgan fingerprint density at radius 2 is 1.52 bits per heavy atom. The van der Waals surface area contributed by atoms with Gasteiger partial charge in [0.1, 0.15) is 5.75 Å². The highest BCUT2D eigenvalue weighted by molar-refractivity contribution is 6.10. The fraction of sp³-hybridized carbons (Fsp3) is 0.314. The lowest BCUT2D eigenvalue weighted by molar-refractivity contribution is -0.116. The van der Waals surface area contributed by atoms with Crippen LogP contribution >= 0.6 is 0 Å². The molecule has 42 heavy (non-hydrogen) atoms. The quantitative estimate of drug-likeness (QED) is 0.311. The first kappa shape index (κ1) is 29.0. The zero-order valence-electron chi connectivity index (χ0n) is 25.0. The Morgan fingerprint density at radius 1 is 0.857 bits per heavy atom. The van der Waals surface area contributed by atoms with Crippen LogP contribution in [0.4, 0.5) is 5.69 Å². The molecular formula is C35H38N2O5. The van der Waals surface area contributed by atoms with Crippen molar-refractivity contribution in [3.63, 3.8) is 0 Å². The predicted molar refractivity (Wildman–Crippen MR) is 164 cm³/mol. The van der Waals surface area contributed by atoms with Gasteiger partial charge in [0.05, 0.1) is 21.3 Å². The number of ether oxygens (including phenoxy) is 3. The van der Waals surface area contributed by atoms with Crippen LogP contribution in [0.15, 0.2) is 89.3 Å². The van der Waals surface area contributed by atoms with Crippen molar-refractivity contribution < 1.29 is 23.8 Å². The zero-order chi connectivity index (χ0) is 30.0. The summed E-state index contributed by atoms with van der Waals surface area (Å²) in [7, 11) is 4.82. The Kier molecular flexibility index (Phi) is 8.39. The molecular weight excluding hydrogens is 528 g/mol. The summed E-state index contributed by atoms with van der Waals surface area (Å²) in [6, 6.07) is 21.3. The van der Waals surface area contributed by atoms with E-state index in [1.807, 2.05) is 25.1 Å². The van der Waals surface area contributed by atoms with Gasteiger partial charge in [-0.05, 0) is 78.3 Å². The minimum atomic E-state index is -0.487. The Labute approximate surface area is 247 Å². The van der Waals surface area contributed by atoms with Gasteiger partial charge in [-0.3, -0.25) is 9.59 Å². The minimum absolute atomic E-state index is 0.0312. The normalized spacial score (nSPS) is 18.4. The van der Waals surface area contributed by atoms with E-state index in [0.717, 1.165) is 22.5 Å². The van der Waals surface area contributed by atoms with Crippen molar-refractivity contribution in [2.75, 3.05) is 26.6 Å². The molecule has 0 spiro atoms. The first-order valence-electron chi connectivity index (χ1n) is 14.2. The van der Waals surface area contributed by atoms with Gasteiger partial charge in [-0.2, -0.15) is 0 Å². The Bertz CT molecular complexity index is 1550. The predicted octanol–water partition coefficient (Wildman–Crippen LogP) is 6.84. The molecule has 0 bridgehead atoms. The molecule has 7 heteroatoms. The molecule has 0 fully saturated rings. The number of amides is 1. The minimum Gasteiger partial charge on any atom is -0.497 e. The molecule has 2 N–H and O–H groups in total. The average Bonchev–Trinajstić information content (AvgIpc) is 3.00. The number of rotatable bonds is 8. The van der Waals surface area contributed by atoms with E-state index in [9.17, 15) is 9.59 Å². The summed E-state index contributed by atoms with van der Waals surface area (Å²) < 4.78 is 16.2. The van der Waals surface area contributed by atoms with E-state index in [1.165, 1.54) is 5.56 Å². The van der Waals surface area contributed by atoms with Gasteiger partial charge >= 0.3 is 0 Å². The summed E-state index contributed by atoms with van der Waals surface area (Å²) in [5.74, 6) is 1.63. The van der Waals surface area contributed by atoms with Gasteiger partial charge in [0.2, 0.25) is 0 Å². The number of anilines is 1. The van der Waals surface area contributed by atoms with Gasteiger partial charge in [0.25, 0.3) is 5.91 Å². The first-order valence-corrected chi connectivity index (χ1v) is 14.2. The second-order valence-corrected chi connectivity index (χ2v) is 11.1. The number of dihydropyridines is 1. The van der Waals surface area contributed by atoms with E-state index in [1.54, 1.807) is 45.6 Å². The van der Waals surface area contributed by atoms with Crippen LogP contribution in [0.2, 0.25) is 0 Å². The van der Waals surface area contributed by atoms with Gasteiger partial charge in [-0.1, -0.05) is 44.2 Å². The number of allylic oxidation sites excluding steroid dienone is 3. The summed E-state index contributed by atoms with van der Waals surface area (Å²) in [5.41, 5.74) is 6.59. The molecule has 5 rings (SSSR count).